The van der Waals surface area contributed by atoms with Gasteiger partial charge in [0.2, 0.25) is 0 Å². The summed E-state index contributed by atoms with van der Waals surface area (Å²) in [6.45, 7) is 4.27. The summed E-state index contributed by atoms with van der Waals surface area (Å²) >= 11 is 1.05. The van der Waals surface area contributed by atoms with E-state index in [1.54, 1.807) is 42.5 Å². The molecule has 2 N–H and O–H groups in total. The predicted molar refractivity (Wildman–Crippen MR) is 151 cm³/mol. The number of nitrogens with one attached hydrogen (secondary N) is 1. The molecule has 0 saturated heterocycles. The Bertz CT molecular complexity index is 1450. The monoisotopic (exact) mass is 611 g/mol. The van der Waals surface area contributed by atoms with Crippen LogP contribution in [0.4, 0.5) is 18.9 Å². The number of ether oxygens (including phenoxy) is 1. The average Bonchev–Trinajstić information content (AvgIpc) is 3.47. The molecule has 13 heteroatoms. The van der Waals surface area contributed by atoms with Gasteiger partial charge in [-0.05, 0) is 55.2 Å². The number of carbonyl (C=O) groups is 1. The largest absolute Gasteiger partial charge is 0.486 e. The molecule has 41 heavy (non-hydrogen) atoms. The number of benzene rings is 2. The van der Waals surface area contributed by atoms with Crippen LogP contribution in [0.2, 0.25) is 0 Å². The number of fused-ring (bicyclic) bond motifs is 1. The molecule has 222 valence electrons. The lowest BCUT2D eigenvalue weighted by atomic mass is 9.99. The molecular weight excluding hydrogens is 579 g/mol. The van der Waals surface area contributed by atoms with Crippen LogP contribution in [0, 0.1) is 5.92 Å². The molecule has 4 rings (SSSR count). The molecule has 8 nitrogen and oxygen atoms in total. The normalized spacial score (nSPS) is 18.8. The third kappa shape index (κ3) is 7.21. The fraction of sp³-hybridized carbons (Fsp3) is 0.393. The van der Waals surface area contributed by atoms with Crippen molar-refractivity contribution in [3.63, 3.8) is 0 Å². The Kier molecular flexibility index (Phi) is 9.32. The van der Waals surface area contributed by atoms with Gasteiger partial charge in [-0.3, -0.25) is 14.4 Å². The third-order valence-corrected chi connectivity index (χ3v) is 9.68. The molecule has 2 heterocycles. The van der Waals surface area contributed by atoms with E-state index >= 15 is 0 Å². The Morgan fingerprint density at radius 3 is 2.49 bits per heavy atom. The van der Waals surface area contributed by atoms with E-state index in [4.69, 9.17) is 4.74 Å². The minimum atomic E-state index is -4.42. The maximum atomic E-state index is 13.6. The Hall–Kier alpha value is -3.13. The summed E-state index contributed by atoms with van der Waals surface area (Å²) in [4.78, 5) is 17.1. The van der Waals surface area contributed by atoms with E-state index in [0.29, 0.717) is 18.7 Å². The number of nitrogens with zero attached hydrogens (tertiary/aromatic N) is 2. The van der Waals surface area contributed by atoms with Gasteiger partial charge in [0.05, 0.1) is 29.5 Å². The molecule has 0 aliphatic carbocycles. The smallest absolute Gasteiger partial charge is 0.416 e. The van der Waals surface area contributed by atoms with Crippen LogP contribution in [0.3, 0.4) is 0 Å². The van der Waals surface area contributed by atoms with E-state index in [2.05, 4.69) is 4.72 Å². The SMILES string of the molecule is C[C@@H]1CN([C@H](C)CO)C(=O)c2cccc(NS(=O)(=O)c3cccs3)c2O[C@H]1CN(C)Cc1ccc(C(F)(F)F)cc1. The number of para-hydroxylation sites is 1. The van der Waals surface area contributed by atoms with Crippen molar-refractivity contribution in [2.75, 3.05) is 31.5 Å². The molecule has 1 aliphatic heterocycles. The molecule has 0 fully saturated rings. The summed E-state index contributed by atoms with van der Waals surface area (Å²) in [5, 5.41) is 11.5. The van der Waals surface area contributed by atoms with E-state index in [1.807, 2.05) is 11.8 Å². The molecule has 2 aromatic carbocycles. The third-order valence-electron chi connectivity index (χ3n) is 6.92. The first-order chi connectivity index (χ1) is 19.3. The van der Waals surface area contributed by atoms with E-state index in [-0.39, 0.29) is 40.3 Å². The van der Waals surface area contributed by atoms with Gasteiger partial charge in [0.25, 0.3) is 15.9 Å². The average molecular weight is 612 g/mol. The van der Waals surface area contributed by atoms with Crippen molar-refractivity contribution >= 4 is 33.0 Å². The second-order valence-electron chi connectivity index (χ2n) is 10.2. The summed E-state index contributed by atoms with van der Waals surface area (Å²) in [6.07, 6.45) is -4.96. The second kappa shape index (κ2) is 12.4. The molecule has 3 atom stereocenters. The summed E-state index contributed by atoms with van der Waals surface area (Å²) in [5.74, 6) is -0.576. The number of aliphatic hydroxyl groups is 1. The lowest BCUT2D eigenvalue weighted by molar-refractivity contribution is -0.137. The van der Waals surface area contributed by atoms with Crippen molar-refractivity contribution in [1.82, 2.24) is 9.80 Å². The second-order valence-corrected chi connectivity index (χ2v) is 13.1. The van der Waals surface area contributed by atoms with E-state index < -0.39 is 39.8 Å². The first-order valence-corrected chi connectivity index (χ1v) is 15.3. The van der Waals surface area contributed by atoms with E-state index in [9.17, 15) is 31.5 Å². The minimum absolute atomic E-state index is 0.0762. The lowest BCUT2D eigenvalue weighted by Gasteiger charge is -2.38. The van der Waals surface area contributed by atoms with Crippen LogP contribution in [-0.4, -0.2) is 68.1 Å². The zero-order chi connectivity index (χ0) is 29.9. The molecule has 1 aromatic heterocycles. The fourth-order valence-corrected chi connectivity index (χ4v) is 6.69. The number of hydrogen-bond donors (Lipinski definition) is 2. The minimum Gasteiger partial charge on any atom is -0.486 e. The molecule has 3 aromatic rings. The lowest BCUT2D eigenvalue weighted by Crippen LogP contribution is -2.49. The summed E-state index contributed by atoms with van der Waals surface area (Å²) in [7, 11) is -2.15. The Morgan fingerprint density at radius 2 is 1.88 bits per heavy atom. The van der Waals surface area contributed by atoms with Crippen molar-refractivity contribution in [3.8, 4) is 5.75 Å². The Labute approximate surface area is 241 Å². The highest BCUT2D eigenvalue weighted by Crippen LogP contribution is 2.36. The van der Waals surface area contributed by atoms with Gasteiger partial charge in [0.1, 0.15) is 10.3 Å². The number of hydrogen-bond acceptors (Lipinski definition) is 7. The first-order valence-electron chi connectivity index (χ1n) is 12.9. The molecule has 0 saturated carbocycles. The number of thiophene rings is 1. The van der Waals surface area contributed by atoms with Crippen LogP contribution in [0.1, 0.15) is 35.3 Å². The predicted octanol–water partition coefficient (Wildman–Crippen LogP) is 4.92. The Morgan fingerprint density at radius 1 is 1.17 bits per heavy atom. The van der Waals surface area contributed by atoms with Crippen LogP contribution in [-0.2, 0) is 22.7 Å². The van der Waals surface area contributed by atoms with Crippen molar-refractivity contribution in [3.05, 3.63) is 76.7 Å². The van der Waals surface area contributed by atoms with Crippen molar-refractivity contribution in [2.45, 2.75) is 42.9 Å². The van der Waals surface area contributed by atoms with Crippen LogP contribution in [0.15, 0.2) is 64.2 Å². The van der Waals surface area contributed by atoms with Crippen molar-refractivity contribution in [1.29, 1.82) is 0 Å². The molecule has 1 amide bonds. The highest BCUT2D eigenvalue weighted by molar-refractivity contribution is 7.94. The standard InChI is InChI=1S/C28H32F3N3O5S2/c1-18-14-34(19(2)17-35)27(36)22-6-4-7-23(32-41(37,38)25-8-5-13-40-25)26(22)39-24(18)16-33(3)15-20-9-11-21(12-10-20)28(29,30)31/h4-13,18-19,24,32,35H,14-17H2,1-3H3/t18-,19-,24+/m1/s1. The summed E-state index contributed by atoms with van der Waals surface area (Å²) in [6, 6.07) is 12.2. The van der Waals surface area contributed by atoms with Crippen LogP contribution in [0.25, 0.3) is 0 Å². The highest BCUT2D eigenvalue weighted by atomic mass is 32.2. The van der Waals surface area contributed by atoms with Crippen LogP contribution < -0.4 is 9.46 Å². The fourth-order valence-electron chi connectivity index (χ4n) is 4.64. The summed E-state index contributed by atoms with van der Waals surface area (Å²) < 4.78 is 74.1. The quantitative estimate of drug-likeness (QED) is 0.357. The van der Waals surface area contributed by atoms with Gasteiger partial charge in [0, 0.05) is 25.6 Å². The van der Waals surface area contributed by atoms with E-state index in [0.717, 1.165) is 23.5 Å². The number of aliphatic hydroxyl groups excluding tert-OH is 1. The molecule has 1 aliphatic rings. The van der Waals surface area contributed by atoms with Gasteiger partial charge in [-0.25, -0.2) is 8.42 Å². The van der Waals surface area contributed by atoms with Crippen LogP contribution >= 0.6 is 11.3 Å². The molecule has 0 unspecified atom stereocenters. The molecule has 0 bridgehead atoms. The van der Waals surface area contributed by atoms with Gasteiger partial charge in [-0.1, -0.05) is 31.2 Å². The maximum Gasteiger partial charge on any atom is 0.416 e. The van der Waals surface area contributed by atoms with Gasteiger partial charge >= 0.3 is 6.18 Å². The first kappa shape index (κ1) is 30.8. The number of rotatable bonds is 9. The van der Waals surface area contributed by atoms with Crippen molar-refractivity contribution < 1.29 is 36.2 Å². The maximum absolute atomic E-state index is 13.6. The molecular formula is C28H32F3N3O5S2. The number of halogens is 3. The topological polar surface area (TPSA) is 99.2 Å². The van der Waals surface area contributed by atoms with Gasteiger partial charge in [-0.15, -0.1) is 11.3 Å². The Balaban J connectivity index is 1.65. The zero-order valence-electron chi connectivity index (χ0n) is 22.8. The summed E-state index contributed by atoms with van der Waals surface area (Å²) in [5.41, 5.74) is 0.205. The number of amides is 1. The van der Waals surface area contributed by atoms with Crippen molar-refractivity contribution in [2.24, 2.45) is 5.92 Å². The van der Waals surface area contributed by atoms with E-state index in [1.165, 1.54) is 24.3 Å². The van der Waals surface area contributed by atoms with Gasteiger partial charge in [-0.2, -0.15) is 13.2 Å². The molecule has 0 radical (unpaired) electrons. The number of carbonyl (C=O) groups excluding carboxylic acids is 1. The zero-order valence-corrected chi connectivity index (χ0v) is 24.4. The molecule has 0 spiro atoms. The number of likely N-dealkylation sites (N-methyl/N-ethyl adjacent to an activating group) is 1. The number of alkyl halides is 3. The number of sulfonamides is 1. The number of anilines is 1. The van der Waals surface area contributed by atoms with Gasteiger partial charge in [0.15, 0.2) is 5.75 Å². The highest BCUT2D eigenvalue weighted by Gasteiger charge is 2.35. The van der Waals surface area contributed by atoms with Gasteiger partial charge < -0.3 is 14.7 Å². The van der Waals surface area contributed by atoms with Crippen LogP contribution in [0.5, 0.6) is 5.75 Å².